The van der Waals surface area contributed by atoms with Crippen molar-refractivity contribution in [3.63, 3.8) is 0 Å². The van der Waals surface area contributed by atoms with Crippen LogP contribution in [0.5, 0.6) is 5.75 Å². The zero-order chi connectivity index (χ0) is 14.7. The molecule has 0 fully saturated rings. The molecule has 0 aliphatic rings. The predicted molar refractivity (Wildman–Crippen MR) is 80.4 cm³/mol. The number of benzene rings is 2. The molecule has 3 rings (SSSR count). The van der Waals surface area contributed by atoms with E-state index in [1.165, 1.54) is 0 Å². The lowest BCUT2D eigenvalue weighted by Gasteiger charge is -2.08. The highest BCUT2D eigenvalue weighted by Gasteiger charge is 2.05. The van der Waals surface area contributed by atoms with Crippen LogP contribution >= 0.6 is 23.2 Å². The fourth-order valence-electron chi connectivity index (χ4n) is 1.78. The summed E-state index contributed by atoms with van der Waals surface area (Å²) >= 11 is 12.0. The molecule has 0 saturated heterocycles. The van der Waals surface area contributed by atoms with Gasteiger partial charge in [-0.2, -0.15) is 5.21 Å². The maximum atomic E-state index is 6.10. The van der Waals surface area contributed by atoms with Crippen molar-refractivity contribution in [1.29, 1.82) is 0 Å². The zero-order valence-corrected chi connectivity index (χ0v) is 12.3. The lowest BCUT2D eigenvalue weighted by atomic mass is 10.2. The van der Waals surface area contributed by atoms with Gasteiger partial charge < -0.3 is 4.74 Å². The normalized spacial score (nSPS) is 10.6. The monoisotopic (exact) mass is 320 g/mol. The first-order valence-electron chi connectivity index (χ1n) is 6.13. The van der Waals surface area contributed by atoms with Crippen LogP contribution in [0.1, 0.15) is 5.56 Å². The highest BCUT2D eigenvalue weighted by atomic mass is 35.5. The number of hydrogen-bond donors (Lipinski definition) is 1. The van der Waals surface area contributed by atoms with Gasteiger partial charge in [-0.1, -0.05) is 29.3 Å². The molecule has 0 aliphatic carbocycles. The SMILES string of the molecule is Clc1ccc(COc2ccc(-c3nn[nH]n3)cc2)c(Cl)c1. The van der Waals surface area contributed by atoms with E-state index >= 15 is 0 Å². The van der Waals surface area contributed by atoms with Crippen molar-refractivity contribution >= 4 is 23.2 Å². The maximum absolute atomic E-state index is 6.10. The molecule has 0 atom stereocenters. The van der Waals surface area contributed by atoms with Gasteiger partial charge >= 0.3 is 0 Å². The first-order chi connectivity index (χ1) is 10.2. The standard InChI is InChI=1S/C14H10Cl2N4O/c15-11-4-1-10(13(16)7-11)8-21-12-5-2-9(3-6-12)14-17-19-20-18-14/h1-7H,8H2,(H,17,18,19,20). The Hall–Kier alpha value is -2.11. The lowest BCUT2D eigenvalue weighted by Crippen LogP contribution is -1.96. The van der Waals surface area contributed by atoms with Crippen LogP contribution in [0.4, 0.5) is 0 Å². The summed E-state index contributed by atoms with van der Waals surface area (Å²) in [6.45, 7) is 0.373. The molecule has 0 bridgehead atoms. The number of nitrogens with zero attached hydrogens (tertiary/aromatic N) is 3. The average molecular weight is 321 g/mol. The largest absolute Gasteiger partial charge is 0.489 e. The summed E-state index contributed by atoms with van der Waals surface area (Å²) in [4.78, 5) is 0. The Morgan fingerprint density at radius 2 is 1.86 bits per heavy atom. The number of aromatic nitrogens is 4. The van der Waals surface area contributed by atoms with E-state index in [0.717, 1.165) is 16.9 Å². The molecule has 21 heavy (non-hydrogen) atoms. The summed E-state index contributed by atoms with van der Waals surface area (Å²) in [5, 5.41) is 15.0. The smallest absolute Gasteiger partial charge is 0.204 e. The quantitative estimate of drug-likeness (QED) is 0.795. The molecular formula is C14H10Cl2N4O. The molecule has 7 heteroatoms. The third-order valence-corrected chi connectivity index (χ3v) is 3.45. The molecule has 1 N–H and O–H groups in total. The third-order valence-electron chi connectivity index (χ3n) is 2.87. The van der Waals surface area contributed by atoms with Gasteiger partial charge in [0.05, 0.1) is 0 Å². The Morgan fingerprint density at radius 3 is 2.52 bits per heavy atom. The molecule has 106 valence electrons. The van der Waals surface area contributed by atoms with Gasteiger partial charge in [-0.15, -0.1) is 10.2 Å². The number of nitrogens with one attached hydrogen (secondary N) is 1. The second-order valence-corrected chi connectivity index (χ2v) is 5.13. The fraction of sp³-hybridized carbons (Fsp3) is 0.0714. The van der Waals surface area contributed by atoms with Crippen LogP contribution in [0.3, 0.4) is 0 Å². The van der Waals surface area contributed by atoms with Crippen LogP contribution < -0.4 is 4.74 Å². The number of aromatic amines is 1. The molecule has 3 aromatic rings. The van der Waals surface area contributed by atoms with Crippen molar-refractivity contribution in [2.75, 3.05) is 0 Å². The number of tetrazole rings is 1. The van der Waals surface area contributed by atoms with Crippen LogP contribution in [0.25, 0.3) is 11.4 Å². The summed E-state index contributed by atoms with van der Waals surface area (Å²) in [5.74, 6) is 1.27. The molecule has 0 radical (unpaired) electrons. The van der Waals surface area contributed by atoms with Gasteiger partial charge in [-0.05, 0) is 41.6 Å². The van der Waals surface area contributed by atoms with Gasteiger partial charge in [0.2, 0.25) is 5.82 Å². The summed E-state index contributed by atoms with van der Waals surface area (Å²) < 4.78 is 5.69. The Morgan fingerprint density at radius 1 is 1.05 bits per heavy atom. The van der Waals surface area contributed by atoms with E-state index in [1.54, 1.807) is 12.1 Å². The summed E-state index contributed by atoms with van der Waals surface area (Å²) in [6, 6.07) is 12.7. The number of hydrogen-bond acceptors (Lipinski definition) is 4. The minimum atomic E-state index is 0.373. The van der Waals surface area contributed by atoms with Crippen LogP contribution in [0.2, 0.25) is 10.0 Å². The summed E-state index contributed by atoms with van der Waals surface area (Å²) in [6.07, 6.45) is 0. The minimum absolute atomic E-state index is 0.373. The molecule has 5 nitrogen and oxygen atoms in total. The highest BCUT2D eigenvalue weighted by molar-refractivity contribution is 6.35. The van der Waals surface area contributed by atoms with Gasteiger partial charge in [0.1, 0.15) is 12.4 Å². The lowest BCUT2D eigenvalue weighted by molar-refractivity contribution is 0.306. The number of halogens is 2. The molecule has 1 heterocycles. The van der Waals surface area contributed by atoms with E-state index in [4.69, 9.17) is 27.9 Å². The van der Waals surface area contributed by atoms with Crippen molar-refractivity contribution < 1.29 is 4.74 Å². The number of rotatable bonds is 4. The zero-order valence-electron chi connectivity index (χ0n) is 10.8. The van der Waals surface area contributed by atoms with Crippen molar-refractivity contribution in [2.24, 2.45) is 0 Å². The minimum Gasteiger partial charge on any atom is -0.489 e. The Kier molecular flexibility index (Phi) is 4.03. The molecule has 0 unspecified atom stereocenters. The topological polar surface area (TPSA) is 63.7 Å². The Bertz CT molecular complexity index is 729. The third kappa shape index (κ3) is 3.32. The summed E-state index contributed by atoms with van der Waals surface area (Å²) in [7, 11) is 0. The Balaban J connectivity index is 1.68. The molecule has 1 aromatic heterocycles. The molecule has 0 amide bonds. The average Bonchev–Trinajstić information content (AvgIpc) is 3.01. The van der Waals surface area contributed by atoms with Crippen molar-refractivity contribution in [2.45, 2.75) is 6.61 Å². The molecular weight excluding hydrogens is 311 g/mol. The van der Waals surface area contributed by atoms with Gasteiger partial charge in [0.15, 0.2) is 0 Å². The fourth-order valence-corrected chi connectivity index (χ4v) is 2.25. The van der Waals surface area contributed by atoms with Crippen LogP contribution in [-0.4, -0.2) is 20.6 Å². The second kappa shape index (κ2) is 6.11. The highest BCUT2D eigenvalue weighted by Crippen LogP contribution is 2.23. The van der Waals surface area contributed by atoms with Crippen molar-refractivity contribution in [1.82, 2.24) is 20.6 Å². The maximum Gasteiger partial charge on any atom is 0.204 e. The van der Waals surface area contributed by atoms with Gasteiger partial charge in [-0.25, -0.2) is 0 Å². The number of H-pyrrole nitrogens is 1. The van der Waals surface area contributed by atoms with Crippen LogP contribution in [0, 0.1) is 0 Å². The first-order valence-corrected chi connectivity index (χ1v) is 6.88. The van der Waals surface area contributed by atoms with E-state index < -0.39 is 0 Å². The van der Waals surface area contributed by atoms with Crippen molar-refractivity contribution in [3.8, 4) is 17.1 Å². The van der Waals surface area contributed by atoms with Crippen molar-refractivity contribution in [3.05, 3.63) is 58.1 Å². The summed E-state index contributed by atoms with van der Waals surface area (Å²) in [5.41, 5.74) is 1.74. The van der Waals surface area contributed by atoms with Gasteiger partial charge in [0, 0.05) is 21.2 Å². The molecule has 0 spiro atoms. The van der Waals surface area contributed by atoms with Crippen LogP contribution in [0.15, 0.2) is 42.5 Å². The van der Waals surface area contributed by atoms with Crippen LogP contribution in [-0.2, 0) is 6.61 Å². The molecule has 0 saturated carbocycles. The first kappa shape index (κ1) is 13.9. The predicted octanol–water partition coefficient (Wildman–Crippen LogP) is 3.75. The van der Waals surface area contributed by atoms with E-state index in [0.29, 0.717) is 22.5 Å². The van der Waals surface area contributed by atoms with E-state index in [1.807, 2.05) is 30.3 Å². The van der Waals surface area contributed by atoms with Gasteiger partial charge in [-0.3, -0.25) is 0 Å². The van der Waals surface area contributed by atoms with Gasteiger partial charge in [0.25, 0.3) is 0 Å². The second-order valence-electron chi connectivity index (χ2n) is 4.28. The van der Waals surface area contributed by atoms with E-state index in [9.17, 15) is 0 Å². The van der Waals surface area contributed by atoms with E-state index in [2.05, 4.69) is 20.6 Å². The molecule has 2 aromatic carbocycles. The van der Waals surface area contributed by atoms with E-state index in [-0.39, 0.29) is 0 Å². The molecule has 0 aliphatic heterocycles. The Labute approximate surface area is 130 Å². The number of ether oxygens (including phenoxy) is 1.